The third-order valence-corrected chi connectivity index (χ3v) is 8.05. The second kappa shape index (κ2) is 4.81. The average molecular weight is 306 g/mol. The Hall–Kier alpha value is -0.380. The summed E-state index contributed by atoms with van der Waals surface area (Å²) in [6, 6.07) is 0. The lowest BCUT2D eigenvalue weighted by Gasteiger charge is -2.58. The van der Waals surface area contributed by atoms with Crippen molar-refractivity contribution in [3.05, 3.63) is 11.6 Å². The third-order valence-electron chi connectivity index (χ3n) is 8.05. The van der Waals surface area contributed by atoms with Gasteiger partial charge >= 0.3 is 0 Å². The van der Waals surface area contributed by atoms with Gasteiger partial charge in [-0.2, -0.15) is 0 Å². The van der Waals surface area contributed by atoms with Crippen molar-refractivity contribution in [2.45, 2.75) is 77.1 Å². The molecule has 0 radical (unpaired) electrons. The Morgan fingerprint density at radius 3 is 2.50 bits per heavy atom. The van der Waals surface area contributed by atoms with E-state index in [2.05, 4.69) is 19.9 Å². The molecule has 3 nitrogen and oxygen atoms in total. The van der Waals surface area contributed by atoms with E-state index in [0.717, 1.165) is 44.9 Å². The smallest absolute Gasteiger partial charge is 0.0757 e. The van der Waals surface area contributed by atoms with E-state index in [1.54, 1.807) is 0 Å². The Labute approximate surface area is 133 Å². The molecule has 4 aliphatic carbocycles. The van der Waals surface area contributed by atoms with Gasteiger partial charge in [-0.3, -0.25) is 0 Å². The van der Waals surface area contributed by atoms with E-state index in [0.29, 0.717) is 17.8 Å². The highest BCUT2D eigenvalue weighted by Crippen LogP contribution is 2.64. The molecule has 3 saturated carbocycles. The van der Waals surface area contributed by atoms with E-state index in [-0.39, 0.29) is 23.0 Å². The van der Waals surface area contributed by atoms with Gasteiger partial charge in [0.1, 0.15) is 0 Å². The summed E-state index contributed by atoms with van der Waals surface area (Å²) < 4.78 is 0. The van der Waals surface area contributed by atoms with Crippen molar-refractivity contribution in [3.63, 3.8) is 0 Å². The van der Waals surface area contributed by atoms with Crippen molar-refractivity contribution in [2.24, 2.45) is 28.6 Å². The number of hydrogen-bond acceptors (Lipinski definition) is 3. The second-order valence-corrected chi connectivity index (χ2v) is 8.92. The molecule has 0 aromatic heterocycles. The van der Waals surface area contributed by atoms with E-state index in [1.807, 2.05) is 0 Å². The van der Waals surface area contributed by atoms with Gasteiger partial charge in [-0.15, -0.1) is 0 Å². The molecule has 0 bridgehead atoms. The predicted molar refractivity (Wildman–Crippen MR) is 85.1 cm³/mol. The molecule has 124 valence electrons. The van der Waals surface area contributed by atoms with E-state index >= 15 is 0 Å². The molecule has 3 fully saturated rings. The summed E-state index contributed by atoms with van der Waals surface area (Å²) in [6.45, 7) is 4.60. The summed E-state index contributed by atoms with van der Waals surface area (Å²) in [6.07, 6.45) is 8.05. The van der Waals surface area contributed by atoms with Crippen LogP contribution in [-0.2, 0) is 0 Å². The Balaban J connectivity index is 1.73. The monoisotopic (exact) mass is 306 g/mol. The first kappa shape index (κ1) is 15.2. The molecule has 0 heterocycles. The van der Waals surface area contributed by atoms with Gasteiger partial charge in [0.05, 0.1) is 18.3 Å². The van der Waals surface area contributed by atoms with Crippen molar-refractivity contribution in [1.82, 2.24) is 0 Å². The first-order valence-corrected chi connectivity index (χ1v) is 9.11. The highest BCUT2D eigenvalue weighted by Gasteiger charge is 2.60. The predicted octanol–water partition coefficient (Wildman–Crippen LogP) is 2.64. The molecule has 8 atom stereocenters. The van der Waals surface area contributed by atoms with Crippen LogP contribution < -0.4 is 0 Å². The van der Waals surface area contributed by atoms with Gasteiger partial charge in [0.25, 0.3) is 0 Å². The van der Waals surface area contributed by atoms with E-state index in [1.165, 1.54) is 5.57 Å². The van der Waals surface area contributed by atoms with E-state index < -0.39 is 6.10 Å². The van der Waals surface area contributed by atoms with Crippen molar-refractivity contribution < 1.29 is 15.3 Å². The molecule has 3 N–H and O–H groups in total. The second-order valence-electron chi connectivity index (χ2n) is 8.92. The van der Waals surface area contributed by atoms with Crippen molar-refractivity contribution in [2.75, 3.05) is 0 Å². The van der Waals surface area contributed by atoms with E-state index in [9.17, 15) is 15.3 Å². The van der Waals surface area contributed by atoms with Gasteiger partial charge in [0.2, 0.25) is 0 Å². The Morgan fingerprint density at radius 2 is 1.73 bits per heavy atom. The molecule has 4 rings (SSSR count). The zero-order valence-corrected chi connectivity index (χ0v) is 13.8. The van der Waals surface area contributed by atoms with E-state index in [4.69, 9.17) is 0 Å². The molecule has 0 unspecified atom stereocenters. The number of aliphatic hydroxyl groups excluding tert-OH is 3. The number of aliphatic hydroxyl groups is 3. The quantitative estimate of drug-likeness (QED) is 0.603. The average Bonchev–Trinajstić information content (AvgIpc) is 2.77. The zero-order chi connectivity index (χ0) is 15.7. The summed E-state index contributed by atoms with van der Waals surface area (Å²) in [5.41, 5.74) is 1.44. The normalized spacial score (nSPS) is 57.6. The molecule has 0 saturated heterocycles. The molecule has 0 spiro atoms. The van der Waals surface area contributed by atoms with Crippen molar-refractivity contribution in [1.29, 1.82) is 0 Å². The summed E-state index contributed by atoms with van der Waals surface area (Å²) in [5.74, 6) is 1.25. The highest BCUT2D eigenvalue weighted by molar-refractivity contribution is 5.27. The maximum Gasteiger partial charge on any atom is 0.0757 e. The summed E-state index contributed by atoms with van der Waals surface area (Å²) in [4.78, 5) is 0. The lowest BCUT2D eigenvalue weighted by molar-refractivity contribution is -0.105. The van der Waals surface area contributed by atoms with Crippen LogP contribution in [0.15, 0.2) is 11.6 Å². The molecular formula is C19H30O3. The minimum absolute atomic E-state index is 0.00195. The molecular weight excluding hydrogens is 276 g/mol. The summed E-state index contributed by atoms with van der Waals surface area (Å²) in [5, 5.41) is 31.3. The molecule has 0 aromatic rings. The fourth-order valence-electron chi connectivity index (χ4n) is 6.60. The molecule has 3 heteroatoms. The standard InChI is InChI=1S/C19H30O3/c1-18-7-5-12(20)9-11(18)10-15(21)17-13-3-4-16(22)19(13,2)8-6-14(17)18/h10,12-17,20-22H,3-9H2,1-2H3/t12-,13-,14-,15-,16-,17-,18-,19-/m0/s1. The number of fused-ring (bicyclic) bond motifs is 5. The van der Waals surface area contributed by atoms with Crippen LogP contribution in [0, 0.1) is 28.6 Å². The topological polar surface area (TPSA) is 60.7 Å². The largest absolute Gasteiger partial charge is 0.393 e. The van der Waals surface area contributed by atoms with Gasteiger partial charge in [-0.05, 0) is 73.5 Å². The minimum atomic E-state index is -0.395. The molecule has 4 aliphatic rings. The Kier molecular flexibility index (Phi) is 3.32. The fourth-order valence-corrected chi connectivity index (χ4v) is 6.60. The van der Waals surface area contributed by atoms with Gasteiger partial charge in [-0.25, -0.2) is 0 Å². The third kappa shape index (κ3) is 1.85. The van der Waals surface area contributed by atoms with Crippen LogP contribution in [0.4, 0.5) is 0 Å². The molecule has 0 aromatic carbocycles. The fraction of sp³-hybridized carbons (Fsp3) is 0.895. The Bertz CT molecular complexity index is 501. The van der Waals surface area contributed by atoms with Crippen LogP contribution >= 0.6 is 0 Å². The molecule has 0 aliphatic heterocycles. The van der Waals surface area contributed by atoms with Gasteiger partial charge < -0.3 is 15.3 Å². The number of rotatable bonds is 0. The first-order valence-electron chi connectivity index (χ1n) is 9.11. The maximum absolute atomic E-state index is 10.9. The van der Waals surface area contributed by atoms with Crippen LogP contribution in [0.1, 0.15) is 58.8 Å². The van der Waals surface area contributed by atoms with Crippen LogP contribution in [0.3, 0.4) is 0 Å². The summed E-state index contributed by atoms with van der Waals surface area (Å²) >= 11 is 0. The van der Waals surface area contributed by atoms with Gasteiger partial charge in [0.15, 0.2) is 0 Å². The van der Waals surface area contributed by atoms with Gasteiger partial charge in [0, 0.05) is 0 Å². The maximum atomic E-state index is 10.9. The molecule has 0 amide bonds. The van der Waals surface area contributed by atoms with Crippen LogP contribution in [0.2, 0.25) is 0 Å². The summed E-state index contributed by atoms with van der Waals surface area (Å²) in [7, 11) is 0. The van der Waals surface area contributed by atoms with Crippen LogP contribution in [-0.4, -0.2) is 33.6 Å². The lowest BCUT2D eigenvalue weighted by atomic mass is 9.47. The number of hydrogen-bond donors (Lipinski definition) is 3. The van der Waals surface area contributed by atoms with Crippen molar-refractivity contribution in [3.8, 4) is 0 Å². The van der Waals surface area contributed by atoms with Crippen molar-refractivity contribution >= 4 is 0 Å². The minimum Gasteiger partial charge on any atom is -0.393 e. The first-order chi connectivity index (χ1) is 10.4. The van der Waals surface area contributed by atoms with Crippen LogP contribution in [0.5, 0.6) is 0 Å². The molecule has 22 heavy (non-hydrogen) atoms. The highest BCUT2D eigenvalue weighted by atomic mass is 16.3. The van der Waals surface area contributed by atoms with Gasteiger partial charge in [-0.1, -0.05) is 25.5 Å². The van der Waals surface area contributed by atoms with Crippen LogP contribution in [0.25, 0.3) is 0 Å². The Morgan fingerprint density at radius 1 is 0.955 bits per heavy atom. The lowest BCUT2D eigenvalue weighted by Crippen LogP contribution is -2.55. The SMILES string of the molecule is C[C@]12CC[C@H]3[C@@H]([C@@H](O)C=C4C[C@@H](O)CC[C@@]43C)[C@@H]1CC[C@@H]2O. The zero-order valence-electron chi connectivity index (χ0n) is 13.8.